The number of carbonyl (C=O) groups is 1. The largest absolute Gasteiger partial charge is 0.311 e. The highest BCUT2D eigenvalue weighted by Crippen LogP contribution is 2.27. The molecule has 0 radical (unpaired) electrons. The van der Waals surface area contributed by atoms with Gasteiger partial charge in [0.2, 0.25) is 15.9 Å². The molecule has 3 heterocycles. The normalized spacial score (nSPS) is 20.7. The van der Waals surface area contributed by atoms with Gasteiger partial charge >= 0.3 is 0 Å². The van der Waals surface area contributed by atoms with Gasteiger partial charge in [-0.1, -0.05) is 13.3 Å². The first kappa shape index (κ1) is 25.0. The molecular formula is C21H33N5O5S3. The molecule has 2 aromatic rings. The smallest absolute Gasteiger partial charge is 0.263 e. The van der Waals surface area contributed by atoms with E-state index in [0.717, 1.165) is 6.42 Å². The summed E-state index contributed by atoms with van der Waals surface area (Å²) < 4.78 is 53.9. The zero-order valence-electron chi connectivity index (χ0n) is 19.0. The first-order chi connectivity index (χ1) is 16.2. The van der Waals surface area contributed by atoms with E-state index in [0.29, 0.717) is 56.4 Å². The lowest BCUT2D eigenvalue weighted by atomic mass is 10.2. The number of amides is 1. The average molecular weight is 532 g/mol. The van der Waals surface area contributed by atoms with E-state index in [9.17, 15) is 21.6 Å². The van der Waals surface area contributed by atoms with Crippen LogP contribution in [0.4, 0.5) is 10.8 Å². The Hall–Kier alpha value is -2.06. The molecule has 0 spiro atoms. The van der Waals surface area contributed by atoms with E-state index in [-0.39, 0.29) is 25.5 Å². The summed E-state index contributed by atoms with van der Waals surface area (Å²) in [6.07, 6.45) is 3.65. The molecule has 2 saturated heterocycles. The molecular weight excluding hydrogens is 498 g/mol. The van der Waals surface area contributed by atoms with Crippen molar-refractivity contribution < 1.29 is 24.5 Å². The van der Waals surface area contributed by atoms with Gasteiger partial charge < -0.3 is 4.90 Å². The Labute approximate surface area is 207 Å². The van der Waals surface area contributed by atoms with Gasteiger partial charge in [0.05, 0.1) is 16.7 Å². The average Bonchev–Trinajstić information content (AvgIpc) is 3.47. The van der Waals surface area contributed by atoms with E-state index in [1.165, 1.54) is 34.0 Å². The number of thiazole rings is 1. The predicted molar refractivity (Wildman–Crippen MR) is 136 cm³/mol. The number of carbonyl (C=O) groups excluding carboxylic acids is 1. The van der Waals surface area contributed by atoms with Crippen LogP contribution < -0.4 is 9.62 Å². The summed E-state index contributed by atoms with van der Waals surface area (Å²) in [5.41, 5.74) is 0.640. The summed E-state index contributed by atoms with van der Waals surface area (Å²) in [5, 5.41) is 1.97. The molecule has 190 valence electrons. The third-order valence-corrected chi connectivity index (χ3v) is 10.3. The van der Waals surface area contributed by atoms with Gasteiger partial charge in [0.1, 0.15) is 0 Å². The lowest BCUT2D eigenvalue weighted by Gasteiger charge is -2.36. The Morgan fingerprint density at radius 1 is 1.09 bits per heavy atom. The van der Waals surface area contributed by atoms with Crippen LogP contribution in [0.3, 0.4) is 0 Å². The molecule has 0 aliphatic carbocycles. The quantitative estimate of drug-likeness (QED) is 0.527. The summed E-state index contributed by atoms with van der Waals surface area (Å²) in [4.78, 5) is 20.9. The Bertz CT molecular complexity index is 1200. The van der Waals surface area contributed by atoms with E-state index in [1.54, 1.807) is 22.4 Å². The minimum Gasteiger partial charge on any atom is -0.311 e. The molecule has 2 aliphatic rings. The molecule has 1 aromatic heterocycles. The molecule has 1 N–H and O–H groups in total. The zero-order chi connectivity index (χ0) is 24.3. The third-order valence-electron chi connectivity index (χ3n) is 6.15. The standard InChI is InChI=1S/C21H29N5O5S3.2H2/c1-2-3-16-33(28,29)25-13-11-24(12-14-25)19-8-10-26(20(19)27)17-4-6-18(7-5-17)34(30,31)23-21-22-9-15-32-21;;/h4-7,9,15,19H,2-3,8,10-14,16H2,1H3,(H,22,23);2*1H/t19-;;/m0../s1. The number of sulfonamides is 2. The summed E-state index contributed by atoms with van der Waals surface area (Å²) >= 11 is 1.19. The van der Waals surface area contributed by atoms with Gasteiger partial charge in [-0.25, -0.2) is 21.8 Å². The molecule has 1 atom stereocenters. The van der Waals surface area contributed by atoms with Gasteiger partial charge in [0, 0.05) is 52.8 Å². The number of benzene rings is 1. The van der Waals surface area contributed by atoms with Gasteiger partial charge in [0.25, 0.3) is 10.0 Å². The lowest BCUT2D eigenvalue weighted by molar-refractivity contribution is -0.122. The van der Waals surface area contributed by atoms with Crippen molar-refractivity contribution in [3.05, 3.63) is 35.8 Å². The Morgan fingerprint density at radius 3 is 2.41 bits per heavy atom. The van der Waals surface area contributed by atoms with Crippen molar-refractivity contribution in [2.75, 3.05) is 48.1 Å². The fourth-order valence-corrected chi connectivity index (χ4v) is 7.68. The number of rotatable bonds is 9. The first-order valence-electron chi connectivity index (χ1n) is 11.3. The zero-order valence-corrected chi connectivity index (χ0v) is 21.4. The number of unbranched alkanes of at least 4 members (excludes halogenated alkanes) is 1. The van der Waals surface area contributed by atoms with Crippen LogP contribution in [0.15, 0.2) is 40.7 Å². The second kappa shape index (κ2) is 10.3. The number of nitrogens with one attached hydrogen (secondary N) is 1. The minimum atomic E-state index is -3.76. The van der Waals surface area contributed by atoms with Gasteiger partial charge in [0.15, 0.2) is 5.13 Å². The maximum Gasteiger partial charge on any atom is 0.263 e. The topological polar surface area (TPSA) is 120 Å². The predicted octanol–water partition coefficient (Wildman–Crippen LogP) is 2.29. The highest BCUT2D eigenvalue weighted by atomic mass is 32.2. The van der Waals surface area contributed by atoms with E-state index in [4.69, 9.17) is 0 Å². The van der Waals surface area contributed by atoms with Crippen LogP contribution in [0, 0.1) is 0 Å². The molecule has 0 unspecified atom stereocenters. The van der Waals surface area contributed by atoms with Crippen LogP contribution in [-0.4, -0.2) is 81.5 Å². The van der Waals surface area contributed by atoms with Gasteiger partial charge in [-0.15, -0.1) is 11.3 Å². The molecule has 13 heteroatoms. The number of nitrogens with zero attached hydrogens (tertiary/aromatic N) is 4. The Balaban J connectivity index is 0.00000228. The first-order valence-corrected chi connectivity index (χ1v) is 15.2. The summed E-state index contributed by atoms with van der Waals surface area (Å²) in [7, 11) is -6.99. The van der Waals surface area contributed by atoms with Gasteiger partial charge in [-0.3, -0.25) is 14.4 Å². The lowest BCUT2D eigenvalue weighted by Crippen LogP contribution is -2.54. The summed E-state index contributed by atoms with van der Waals surface area (Å²) in [6.45, 7) is 4.34. The van der Waals surface area contributed by atoms with E-state index in [2.05, 4.69) is 14.6 Å². The highest BCUT2D eigenvalue weighted by molar-refractivity contribution is 7.93. The van der Waals surface area contributed by atoms with Crippen molar-refractivity contribution in [1.82, 2.24) is 14.2 Å². The van der Waals surface area contributed by atoms with Crippen molar-refractivity contribution in [2.45, 2.75) is 37.1 Å². The van der Waals surface area contributed by atoms with Crippen LogP contribution in [0.1, 0.15) is 29.0 Å². The molecule has 34 heavy (non-hydrogen) atoms. The number of hydrogen-bond acceptors (Lipinski definition) is 8. The molecule has 0 saturated carbocycles. The van der Waals surface area contributed by atoms with Crippen molar-refractivity contribution in [2.24, 2.45) is 0 Å². The monoisotopic (exact) mass is 531 g/mol. The highest BCUT2D eigenvalue weighted by Gasteiger charge is 2.39. The van der Waals surface area contributed by atoms with Gasteiger partial charge in [-0.2, -0.15) is 4.31 Å². The van der Waals surface area contributed by atoms with E-state index >= 15 is 0 Å². The second-order valence-corrected chi connectivity index (χ2v) is 13.0. The maximum atomic E-state index is 13.1. The molecule has 4 rings (SSSR count). The number of hydrogen-bond donors (Lipinski definition) is 1. The fraction of sp³-hybridized carbons (Fsp3) is 0.524. The van der Waals surface area contributed by atoms with Crippen LogP contribution in [0.5, 0.6) is 0 Å². The van der Waals surface area contributed by atoms with Crippen molar-refractivity contribution in [3.63, 3.8) is 0 Å². The molecule has 1 aromatic carbocycles. The van der Waals surface area contributed by atoms with Crippen molar-refractivity contribution in [3.8, 4) is 0 Å². The Morgan fingerprint density at radius 2 is 1.79 bits per heavy atom. The van der Waals surface area contributed by atoms with E-state index < -0.39 is 20.0 Å². The van der Waals surface area contributed by atoms with E-state index in [1.807, 2.05) is 6.92 Å². The second-order valence-electron chi connectivity index (χ2n) is 8.34. The van der Waals surface area contributed by atoms with Crippen molar-refractivity contribution in [1.29, 1.82) is 0 Å². The maximum absolute atomic E-state index is 13.1. The molecule has 10 nitrogen and oxygen atoms in total. The minimum absolute atomic E-state index is 0. The molecule has 2 aliphatic heterocycles. The summed E-state index contributed by atoms with van der Waals surface area (Å²) in [6, 6.07) is 5.93. The molecule has 0 bridgehead atoms. The molecule has 1 amide bonds. The Kier molecular flexibility index (Phi) is 7.57. The fourth-order valence-electron chi connectivity index (χ4n) is 4.26. The number of aromatic nitrogens is 1. The van der Waals surface area contributed by atoms with Crippen LogP contribution in [0.25, 0.3) is 0 Å². The van der Waals surface area contributed by atoms with Gasteiger partial charge in [-0.05, 0) is 37.1 Å². The SMILES string of the molecule is CCCCS(=O)(=O)N1CCN([C@H]2CCN(c3ccc(S(=O)(=O)Nc4nccs4)cc3)C2=O)CC1.[HH].[HH]. The van der Waals surface area contributed by atoms with Crippen LogP contribution >= 0.6 is 11.3 Å². The van der Waals surface area contributed by atoms with Crippen molar-refractivity contribution >= 4 is 48.1 Å². The van der Waals surface area contributed by atoms with Crippen LogP contribution in [0.2, 0.25) is 0 Å². The summed E-state index contributed by atoms with van der Waals surface area (Å²) in [5.74, 6) is 0.129. The van der Waals surface area contributed by atoms with Crippen LogP contribution in [-0.2, 0) is 24.8 Å². The number of anilines is 2. The molecule has 2 fully saturated rings. The third kappa shape index (κ3) is 5.43. The number of piperazine rings is 1.